The van der Waals surface area contributed by atoms with Gasteiger partial charge in [0, 0.05) is 6.61 Å². The van der Waals surface area contributed by atoms with E-state index >= 15 is 0 Å². The molecule has 1 N–H and O–H groups in total. The second kappa shape index (κ2) is 2.47. The molecule has 68 valence electrons. The van der Waals surface area contributed by atoms with Crippen LogP contribution in [-0.4, -0.2) is 11.7 Å². The van der Waals surface area contributed by atoms with E-state index in [0.29, 0.717) is 12.5 Å². The molecule has 0 aliphatic heterocycles. The lowest BCUT2D eigenvalue weighted by Crippen LogP contribution is -2.23. The molecule has 3 fully saturated rings. The first kappa shape index (κ1) is 7.37. The highest BCUT2D eigenvalue weighted by Crippen LogP contribution is 2.60. The number of aliphatic hydroxyl groups excluding tert-OH is 1. The van der Waals surface area contributed by atoms with E-state index in [1.54, 1.807) is 0 Å². The Bertz CT molecular complexity index is 187. The fourth-order valence-electron chi connectivity index (χ4n) is 4.43. The van der Waals surface area contributed by atoms with Crippen molar-refractivity contribution in [3.05, 3.63) is 0 Å². The lowest BCUT2D eigenvalue weighted by atomic mass is 9.78. The van der Waals surface area contributed by atoms with Crippen LogP contribution in [0.3, 0.4) is 0 Å². The van der Waals surface area contributed by atoms with Crippen molar-refractivity contribution in [3.63, 3.8) is 0 Å². The summed E-state index contributed by atoms with van der Waals surface area (Å²) in [5, 5.41) is 9.24. The van der Waals surface area contributed by atoms with Gasteiger partial charge in [-0.1, -0.05) is 0 Å². The van der Waals surface area contributed by atoms with Gasteiger partial charge in [-0.2, -0.15) is 0 Å². The summed E-state index contributed by atoms with van der Waals surface area (Å²) in [7, 11) is 0. The van der Waals surface area contributed by atoms with Crippen molar-refractivity contribution < 1.29 is 5.11 Å². The first-order valence-corrected chi connectivity index (χ1v) is 5.51. The van der Waals surface area contributed by atoms with E-state index < -0.39 is 0 Å². The molecule has 0 spiro atoms. The lowest BCUT2D eigenvalue weighted by molar-refractivity contribution is 0.142. The Balaban J connectivity index is 1.85. The molecule has 0 aromatic heterocycles. The van der Waals surface area contributed by atoms with Gasteiger partial charge in [-0.15, -0.1) is 0 Å². The Labute approximate surface area is 74.2 Å². The second-order valence-electron chi connectivity index (χ2n) is 5.09. The molecule has 3 aliphatic rings. The van der Waals surface area contributed by atoms with Crippen LogP contribution in [0.15, 0.2) is 0 Å². The molecule has 3 rings (SSSR count). The van der Waals surface area contributed by atoms with E-state index in [1.807, 2.05) is 0 Å². The minimum Gasteiger partial charge on any atom is -0.396 e. The maximum atomic E-state index is 9.24. The Kier molecular flexibility index (Phi) is 1.52. The third kappa shape index (κ3) is 0.783. The normalized spacial score (nSPS) is 56.2. The largest absolute Gasteiger partial charge is 0.396 e. The molecule has 5 atom stereocenters. The highest BCUT2D eigenvalue weighted by atomic mass is 16.3. The molecule has 1 nitrogen and oxygen atoms in total. The van der Waals surface area contributed by atoms with Crippen LogP contribution in [-0.2, 0) is 0 Å². The van der Waals surface area contributed by atoms with Crippen molar-refractivity contribution in [1.29, 1.82) is 0 Å². The monoisotopic (exact) mass is 166 g/mol. The molecule has 0 saturated heterocycles. The van der Waals surface area contributed by atoms with Crippen LogP contribution < -0.4 is 0 Å². The number of hydrogen-bond donors (Lipinski definition) is 1. The summed E-state index contributed by atoms with van der Waals surface area (Å²) < 4.78 is 0. The summed E-state index contributed by atoms with van der Waals surface area (Å²) in [6.07, 6.45) is 7.23. The van der Waals surface area contributed by atoms with Crippen molar-refractivity contribution in [2.45, 2.75) is 32.1 Å². The van der Waals surface area contributed by atoms with Crippen LogP contribution in [0.1, 0.15) is 32.1 Å². The molecule has 0 amide bonds. The zero-order valence-corrected chi connectivity index (χ0v) is 7.58. The molecule has 3 saturated carbocycles. The molecular formula is C11H18O. The Morgan fingerprint density at radius 1 is 1.00 bits per heavy atom. The van der Waals surface area contributed by atoms with Gasteiger partial charge in [0.2, 0.25) is 0 Å². The van der Waals surface area contributed by atoms with Crippen LogP contribution in [0.25, 0.3) is 0 Å². The summed E-state index contributed by atoms with van der Waals surface area (Å²) in [5.41, 5.74) is 0. The Hall–Kier alpha value is -0.0400. The maximum Gasteiger partial charge on any atom is 0.0462 e. The molecular weight excluding hydrogens is 148 g/mol. The van der Waals surface area contributed by atoms with Crippen LogP contribution >= 0.6 is 0 Å². The highest BCUT2D eigenvalue weighted by molar-refractivity contribution is 5.02. The third-order valence-corrected chi connectivity index (χ3v) is 4.81. The Morgan fingerprint density at radius 2 is 1.83 bits per heavy atom. The molecule has 3 aliphatic carbocycles. The third-order valence-electron chi connectivity index (χ3n) is 4.81. The van der Waals surface area contributed by atoms with E-state index in [2.05, 4.69) is 0 Å². The number of rotatable bonds is 1. The van der Waals surface area contributed by atoms with Crippen LogP contribution in [0.4, 0.5) is 0 Å². The van der Waals surface area contributed by atoms with Crippen molar-refractivity contribution in [2.24, 2.45) is 29.6 Å². The highest BCUT2D eigenvalue weighted by Gasteiger charge is 2.52. The molecule has 0 radical (unpaired) electrons. The van der Waals surface area contributed by atoms with Gasteiger partial charge >= 0.3 is 0 Å². The summed E-state index contributed by atoms with van der Waals surface area (Å²) in [6.45, 7) is 0.463. The second-order valence-corrected chi connectivity index (χ2v) is 5.09. The fourth-order valence-corrected chi connectivity index (χ4v) is 4.43. The quantitative estimate of drug-likeness (QED) is 0.632. The zero-order valence-electron chi connectivity index (χ0n) is 7.58. The number of hydrogen-bond acceptors (Lipinski definition) is 1. The summed E-state index contributed by atoms with van der Waals surface area (Å²) in [5.74, 6) is 4.73. The average molecular weight is 166 g/mol. The van der Waals surface area contributed by atoms with Gasteiger partial charge in [-0.3, -0.25) is 0 Å². The first-order chi connectivity index (χ1) is 5.90. The average Bonchev–Trinajstić information content (AvgIpc) is 2.76. The van der Waals surface area contributed by atoms with Gasteiger partial charge in [0.05, 0.1) is 0 Å². The van der Waals surface area contributed by atoms with Crippen molar-refractivity contribution in [2.75, 3.05) is 6.61 Å². The van der Waals surface area contributed by atoms with Crippen LogP contribution in [0.2, 0.25) is 0 Å². The molecule has 0 aromatic carbocycles. The first-order valence-electron chi connectivity index (χ1n) is 5.51. The van der Waals surface area contributed by atoms with Gasteiger partial charge in [0.15, 0.2) is 0 Å². The van der Waals surface area contributed by atoms with E-state index in [-0.39, 0.29) is 0 Å². The Morgan fingerprint density at radius 3 is 2.67 bits per heavy atom. The van der Waals surface area contributed by atoms with E-state index in [0.717, 1.165) is 23.7 Å². The minimum atomic E-state index is 0.463. The zero-order chi connectivity index (χ0) is 8.13. The van der Waals surface area contributed by atoms with E-state index in [9.17, 15) is 5.11 Å². The molecule has 1 heteroatoms. The maximum absolute atomic E-state index is 9.24. The summed E-state index contributed by atoms with van der Waals surface area (Å²) >= 11 is 0. The van der Waals surface area contributed by atoms with Gasteiger partial charge in [-0.25, -0.2) is 0 Å². The molecule has 0 unspecified atom stereocenters. The fraction of sp³-hybridized carbons (Fsp3) is 1.00. The van der Waals surface area contributed by atoms with Gasteiger partial charge in [-0.05, 0) is 61.7 Å². The van der Waals surface area contributed by atoms with Crippen LogP contribution in [0, 0.1) is 29.6 Å². The van der Waals surface area contributed by atoms with E-state index in [1.165, 1.54) is 32.1 Å². The minimum absolute atomic E-state index is 0.463. The smallest absolute Gasteiger partial charge is 0.0462 e. The van der Waals surface area contributed by atoms with Gasteiger partial charge < -0.3 is 5.11 Å². The molecule has 12 heavy (non-hydrogen) atoms. The topological polar surface area (TPSA) is 20.2 Å². The molecule has 0 aromatic rings. The SMILES string of the molecule is OC[C@H]1CC[C@@H]2[C@@H]3CC[C@@H](C3)[C@H]12. The lowest BCUT2D eigenvalue weighted by Gasteiger charge is -2.27. The van der Waals surface area contributed by atoms with Crippen molar-refractivity contribution in [3.8, 4) is 0 Å². The molecule has 0 heterocycles. The van der Waals surface area contributed by atoms with Crippen molar-refractivity contribution >= 4 is 0 Å². The number of fused-ring (bicyclic) bond motifs is 5. The predicted molar refractivity (Wildman–Crippen MR) is 47.6 cm³/mol. The predicted octanol–water partition coefficient (Wildman–Crippen LogP) is 2.05. The van der Waals surface area contributed by atoms with Gasteiger partial charge in [0.25, 0.3) is 0 Å². The van der Waals surface area contributed by atoms with Gasteiger partial charge in [0.1, 0.15) is 0 Å². The summed E-state index contributed by atoms with van der Waals surface area (Å²) in [6, 6.07) is 0. The standard InChI is InChI=1S/C11H18O/c12-6-9-3-4-10-7-1-2-8(5-7)11(9)10/h7-12H,1-6H2/t7-,8+,9-,10-,11-/m1/s1. The van der Waals surface area contributed by atoms with E-state index in [4.69, 9.17) is 0 Å². The number of aliphatic hydroxyl groups is 1. The molecule has 2 bridgehead atoms. The summed E-state index contributed by atoms with van der Waals surface area (Å²) in [4.78, 5) is 0. The van der Waals surface area contributed by atoms with Crippen LogP contribution in [0.5, 0.6) is 0 Å². The van der Waals surface area contributed by atoms with Crippen molar-refractivity contribution in [1.82, 2.24) is 0 Å².